The Kier molecular flexibility index (Phi) is 4.62. The molecule has 21 heavy (non-hydrogen) atoms. The number of likely N-dealkylation sites (N-methyl/N-ethyl adjacent to an activating group) is 1. The van der Waals surface area contributed by atoms with E-state index in [2.05, 4.69) is 27.1 Å². The van der Waals surface area contributed by atoms with Gasteiger partial charge in [-0.15, -0.1) is 0 Å². The number of ether oxygens (including phenoxy) is 1. The second-order valence-corrected chi connectivity index (χ2v) is 5.62. The molecule has 2 heterocycles. The van der Waals surface area contributed by atoms with Crippen molar-refractivity contribution in [1.82, 2.24) is 20.1 Å². The maximum absolute atomic E-state index is 5.66. The first kappa shape index (κ1) is 14.2. The van der Waals surface area contributed by atoms with E-state index in [9.17, 15) is 0 Å². The first-order chi connectivity index (χ1) is 10.3. The van der Waals surface area contributed by atoms with Crippen molar-refractivity contribution in [1.29, 1.82) is 0 Å². The number of nitrogens with zero attached hydrogens (tertiary/aromatic N) is 3. The van der Waals surface area contributed by atoms with E-state index >= 15 is 0 Å². The molecule has 1 aliphatic heterocycles. The molecule has 0 bridgehead atoms. The molecule has 0 radical (unpaired) electrons. The zero-order valence-corrected chi connectivity index (χ0v) is 12.5. The zero-order valence-electron chi connectivity index (χ0n) is 12.5. The molecular formula is C16H22N4O. The molecule has 0 amide bonds. The summed E-state index contributed by atoms with van der Waals surface area (Å²) in [4.78, 5) is 6.87. The van der Waals surface area contributed by atoms with Gasteiger partial charge in [-0.05, 0) is 19.9 Å². The van der Waals surface area contributed by atoms with Crippen LogP contribution >= 0.6 is 0 Å². The number of benzene rings is 1. The third kappa shape index (κ3) is 3.89. The lowest BCUT2D eigenvalue weighted by molar-refractivity contribution is 0.0814. The predicted molar refractivity (Wildman–Crippen MR) is 82.0 cm³/mol. The first-order valence-electron chi connectivity index (χ1n) is 7.58. The van der Waals surface area contributed by atoms with Gasteiger partial charge >= 0.3 is 0 Å². The number of H-pyrrole nitrogens is 1. The minimum atomic E-state index is 0.407. The van der Waals surface area contributed by atoms with E-state index in [1.807, 2.05) is 30.3 Å². The average Bonchev–Trinajstić information content (AvgIpc) is 3.17. The van der Waals surface area contributed by atoms with Gasteiger partial charge in [0.25, 0.3) is 0 Å². The van der Waals surface area contributed by atoms with E-state index in [-0.39, 0.29) is 0 Å². The predicted octanol–water partition coefficient (Wildman–Crippen LogP) is 2.12. The lowest BCUT2D eigenvalue weighted by Crippen LogP contribution is -2.30. The summed E-state index contributed by atoms with van der Waals surface area (Å²) in [7, 11) is 2.14. The van der Waals surface area contributed by atoms with E-state index < -0.39 is 0 Å². The van der Waals surface area contributed by atoms with E-state index in [0.29, 0.717) is 6.10 Å². The number of hydrogen-bond donors (Lipinski definition) is 1. The Morgan fingerprint density at radius 3 is 2.95 bits per heavy atom. The molecule has 0 saturated carbocycles. The summed E-state index contributed by atoms with van der Waals surface area (Å²) in [6, 6.07) is 10.0. The van der Waals surface area contributed by atoms with Gasteiger partial charge in [-0.2, -0.15) is 5.10 Å². The minimum absolute atomic E-state index is 0.407. The fraction of sp³-hybridized carbons (Fsp3) is 0.500. The third-order valence-corrected chi connectivity index (χ3v) is 3.83. The van der Waals surface area contributed by atoms with Crippen molar-refractivity contribution in [3.8, 4) is 11.4 Å². The van der Waals surface area contributed by atoms with Gasteiger partial charge in [-0.1, -0.05) is 30.3 Å². The van der Waals surface area contributed by atoms with Gasteiger partial charge in [0.1, 0.15) is 5.82 Å². The van der Waals surface area contributed by atoms with E-state index in [1.54, 1.807) is 0 Å². The molecule has 3 rings (SSSR count). The second-order valence-electron chi connectivity index (χ2n) is 5.62. The van der Waals surface area contributed by atoms with Crippen LogP contribution in [0.15, 0.2) is 30.3 Å². The normalized spacial score (nSPS) is 18.5. The van der Waals surface area contributed by atoms with E-state index in [0.717, 1.165) is 43.3 Å². The maximum Gasteiger partial charge on any atom is 0.181 e. The van der Waals surface area contributed by atoms with Crippen molar-refractivity contribution in [3.63, 3.8) is 0 Å². The van der Waals surface area contributed by atoms with Gasteiger partial charge in [-0.25, -0.2) is 4.98 Å². The van der Waals surface area contributed by atoms with Crippen molar-refractivity contribution >= 4 is 0 Å². The molecule has 0 aliphatic carbocycles. The minimum Gasteiger partial charge on any atom is -0.377 e. The van der Waals surface area contributed by atoms with Crippen molar-refractivity contribution < 1.29 is 4.74 Å². The van der Waals surface area contributed by atoms with Crippen LogP contribution in [0.1, 0.15) is 18.7 Å². The van der Waals surface area contributed by atoms with Crippen LogP contribution in [0.2, 0.25) is 0 Å². The van der Waals surface area contributed by atoms with Crippen LogP contribution in [-0.2, 0) is 11.2 Å². The van der Waals surface area contributed by atoms with Crippen molar-refractivity contribution in [2.24, 2.45) is 0 Å². The standard InChI is InChI=1S/C16H22N4O/c1-20(12-14-8-5-11-21-14)10-9-15-17-16(19-18-15)13-6-3-2-4-7-13/h2-4,6-7,14H,5,8-12H2,1H3,(H,17,18,19)/t14-/m0/s1. The van der Waals surface area contributed by atoms with Crippen LogP contribution in [0.4, 0.5) is 0 Å². The highest BCUT2D eigenvalue weighted by Gasteiger charge is 2.17. The molecule has 1 N–H and O–H groups in total. The van der Waals surface area contributed by atoms with Crippen molar-refractivity contribution in [2.45, 2.75) is 25.4 Å². The monoisotopic (exact) mass is 286 g/mol. The summed E-state index contributed by atoms with van der Waals surface area (Å²) in [5, 5.41) is 7.32. The molecule has 1 aromatic heterocycles. The molecule has 5 heteroatoms. The van der Waals surface area contributed by atoms with Gasteiger partial charge in [0.05, 0.1) is 6.10 Å². The fourth-order valence-electron chi connectivity index (χ4n) is 2.65. The zero-order chi connectivity index (χ0) is 14.5. The number of rotatable bonds is 6. The lowest BCUT2D eigenvalue weighted by atomic mass is 10.2. The topological polar surface area (TPSA) is 54.0 Å². The Morgan fingerprint density at radius 2 is 2.19 bits per heavy atom. The summed E-state index contributed by atoms with van der Waals surface area (Å²) in [6.07, 6.45) is 3.67. The van der Waals surface area contributed by atoms with Crippen LogP contribution in [0.25, 0.3) is 11.4 Å². The summed E-state index contributed by atoms with van der Waals surface area (Å²) in [5.74, 6) is 1.71. The molecule has 1 aliphatic rings. The molecule has 2 aromatic rings. The average molecular weight is 286 g/mol. The largest absolute Gasteiger partial charge is 0.377 e. The molecule has 1 saturated heterocycles. The van der Waals surface area contributed by atoms with Gasteiger partial charge in [0.2, 0.25) is 0 Å². The summed E-state index contributed by atoms with van der Waals surface area (Å²) in [6.45, 7) is 2.88. The SMILES string of the molecule is CN(CCc1nc(-c2ccccc2)n[nH]1)C[C@@H]1CCCO1. The quantitative estimate of drug-likeness (QED) is 0.884. The number of aromatic amines is 1. The Labute approximate surface area is 125 Å². The third-order valence-electron chi connectivity index (χ3n) is 3.83. The summed E-state index contributed by atoms with van der Waals surface area (Å²) in [5.41, 5.74) is 1.05. The van der Waals surface area contributed by atoms with Gasteiger partial charge < -0.3 is 9.64 Å². The number of aromatic nitrogens is 3. The number of nitrogens with one attached hydrogen (secondary N) is 1. The Balaban J connectivity index is 1.50. The Bertz CT molecular complexity index is 548. The van der Waals surface area contributed by atoms with E-state index in [1.165, 1.54) is 12.8 Å². The molecular weight excluding hydrogens is 264 g/mol. The van der Waals surface area contributed by atoms with Gasteiger partial charge in [0, 0.05) is 31.7 Å². The van der Waals surface area contributed by atoms with Crippen LogP contribution in [0, 0.1) is 0 Å². The highest BCUT2D eigenvalue weighted by molar-refractivity contribution is 5.53. The highest BCUT2D eigenvalue weighted by atomic mass is 16.5. The molecule has 1 atom stereocenters. The molecule has 1 fully saturated rings. The Hall–Kier alpha value is -1.72. The maximum atomic E-state index is 5.66. The second kappa shape index (κ2) is 6.83. The number of hydrogen-bond acceptors (Lipinski definition) is 4. The molecule has 112 valence electrons. The van der Waals surface area contributed by atoms with Crippen LogP contribution in [0.3, 0.4) is 0 Å². The van der Waals surface area contributed by atoms with E-state index in [4.69, 9.17) is 4.74 Å². The van der Waals surface area contributed by atoms with Crippen molar-refractivity contribution in [3.05, 3.63) is 36.2 Å². The lowest BCUT2D eigenvalue weighted by Gasteiger charge is -2.19. The molecule has 0 spiro atoms. The molecule has 1 aromatic carbocycles. The van der Waals surface area contributed by atoms with Crippen LogP contribution in [-0.4, -0.2) is 52.9 Å². The van der Waals surface area contributed by atoms with Gasteiger partial charge in [-0.3, -0.25) is 5.10 Å². The van der Waals surface area contributed by atoms with Crippen LogP contribution in [0.5, 0.6) is 0 Å². The Morgan fingerprint density at radius 1 is 1.33 bits per heavy atom. The first-order valence-corrected chi connectivity index (χ1v) is 7.58. The van der Waals surface area contributed by atoms with Crippen molar-refractivity contribution in [2.75, 3.05) is 26.7 Å². The summed E-state index contributed by atoms with van der Waals surface area (Å²) < 4.78 is 5.66. The molecule has 5 nitrogen and oxygen atoms in total. The molecule has 0 unspecified atom stereocenters. The smallest absolute Gasteiger partial charge is 0.181 e. The fourth-order valence-corrected chi connectivity index (χ4v) is 2.65. The van der Waals surface area contributed by atoms with Gasteiger partial charge in [0.15, 0.2) is 5.82 Å². The van der Waals surface area contributed by atoms with Crippen LogP contribution < -0.4 is 0 Å². The summed E-state index contributed by atoms with van der Waals surface area (Å²) >= 11 is 0. The highest BCUT2D eigenvalue weighted by Crippen LogP contribution is 2.14.